The molecule has 0 radical (unpaired) electrons. The van der Waals surface area contributed by atoms with Crippen LogP contribution in [0.5, 0.6) is 5.75 Å². The van der Waals surface area contributed by atoms with Crippen LogP contribution in [0.4, 0.5) is 5.88 Å². The summed E-state index contributed by atoms with van der Waals surface area (Å²) >= 11 is 2.90. The van der Waals surface area contributed by atoms with Gasteiger partial charge in [-0.25, -0.2) is 4.98 Å². The minimum Gasteiger partial charge on any atom is -0.497 e. The molecule has 0 saturated carbocycles. The third-order valence-electron chi connectivity index (χ3n) is 3.47. The van der Waals surface area contributed by atoms with E-state index in [-0.39, 0.29) is 17.7 Å². The van der Waals surface area contributed by atoms with Crippen molar-refractivity contribution in [1.82, 2.24) is 10.3 Å². The van der Waals surface area contributed by atoms with Crippen molar-refractivity contribution in [3.63, 3.8) is 0 Å². The first-order valence-electron chi connectivity index (χ1n) is 7.96. The molecule has 3 rings (SSSR count). The van der Waals surface area contributed by atoms with Gasteiger partial charge in [0.1, 0.15) is 5.75 Å². The fourth-order valence-electron chi connectivity index (χ4n) is 2.08. The summed E-state index contributed by atoms with van der Waals surface area (Å²) in [5, 5.41) is 8.51. The Kier molecular flexibility index (Phi) is 5.89. The maximum Gasteiger partial charge on any atom is 0.302 e. The number of ether oxygens (including phenoxy) is 1. The van der Waals surface area contributed by atoms with E-state index in [4.69, 9.17) is 9.26 Å². The van der Waals surface area contributed by atoms with Crippen molar-refractivity contribution in [2.24, 2.45) is 0 Å². The SMILES string of the molecule is COc1ccc(-c2csc(SCC(=O)Nc3c[n+](C(C)C)no3)n2)cc1. The van der Waals surface area contributed by atoms with Crippen LogP contribution >= 0.6 is 23.1 Å². The van der Waals surface area contributed by atoms with Gasteiger partial charge in [0.15, 0.2) is 10.4 Å². The number of nitrogens with zero attached hydrogens (tertiary/aromatic N) is 3. The maximum absolute atomic E-state index is 12.0. The zero-order chi connectivity index (χ0) is 18.5. The molecule has 0 saturated heterocycles. The third kappa shape index (κ3) is 4.61. The molecular formula is C17H19N4O3S2+. The predicted octanol–water partition coefficient (Wildman–Crippen LogP) is 3.41. The monoisotopic (exact) mass is 391 g/mol. The van der Waals surface area contributed by atoms with E-state index in [9.17, 15) is 4.79 Å². The summed E-state index contributed by atoms with van der Waals surface area (Å²) in [6, 6.07) is 7.89. The Morgan fingerprint density at radius 1 is 1.38 bits per heavy atom. The van der Waals surface area contributed by atoms with E-state index in [1.165, 1.54) is 23.1 Å². The molecule has 3 aromatic rings. The average Bonchev–Trinajstić information content (AvgIpc) is 3.29. The summed E-state index contributed by atoms with van der Waals surface area (Å²) in [4.78, 5) is 16.6. The van der Waals surface area contributed by atoms with Gasteiger partial charge >= 0.3 is 5.88 Å². The van der Waals surface area contributed by atoms with Crippen molar-refractivity contribution in [3.05, 3.63) is 35.8 Å². The van der Waals surface area contributed by atoms with Gasteiger partial charge in [-0.05, 0) is 42.8 Å². The lowest BCUT2D eigenvalue weighted by Crippen LogP contribution is -2.36. The molecule has 136 valence electrons. The van der Waals surface area contributed by atoms with E-state index in [0.717, 1.165) is 21.3 Å². The van der Waals surface area contributed by atoms with Crippen LogP contribution in [0.15, 0.2) is 44.7 Å². The number of amides is 1. The van der Waals surface area contributed by atoms with Gasteiger partial charge in [0.25, 0.3) is 6.20 Å². The van der Waals surface area contributed by atoms with Crippen LogP contribution in [0.1, 0.15) is 19.9 Å². The van der Waals surface area contributed by atoms with Gasteiger partial charge in [0.2, 0.25) is 11.2 Å². The molecule has 0 aliphatic carbocycles. The summed E-state index contributed by atoms with van der Waals surface area (Å²) in [6.07, 6.45) is 1.67. The number of anilines is 1. The fraction of sp³-hybridized carbons (Fsp3) is 0.294. The number of hydrogen-bond donors (Lipinski definition) is 1. The van der Waals surface area contributed by atoms with Crippen LogP contribution in [-0.2, 0) is 4.79 Å². The van der Waals surface area contributed by atoms with E-state index >= 15 is 0 Å². The van der Waals surface area contributed by atoms with E-state index in [1.54, 1.807) is 18.0 Å². The second-order valence-electron chi connectivity index (χ2n) is 5.70. The number of thiazole rings is 1. The Morgan fingerprint density at radius 3 is 2.81 bits per heavy atom. The van der Waals surface area contributed by atoms with Crippen LogP contribution in [0.3, 0.4) is 0 Å². The Labute approximate surface area is 159 Å². The number of thioether (sulfide) groups is 1. The van der Waals surface area contributed by atoms with Crippen molar-refractivity contribution >= 4 is 34.9 Å². The molecule has 0 atom stereocenters. The Bertz CT molecular complexity index is 874. The first-order valence-corrected chi connectivity index (χ1v) is 9.82. The minimum absolute atomic E-state index is 0.164. The molecule has 1 aromatic carbocycles. The van der Waals surface area contributed by atoms with Crippen molar-refractivity contribution in [2.75, 3.05) is 18.2 Å². The van der Waals surface area contributed by atoms with Gasteiger partial charge in [0.05, 0.1) is 18.6 Å². The van der Waals surface area contributed by atoms with Crippen LogP contribution in [-0.4, -0.2) is 29.0 Å². The second-order valence-corrected chi connectivity index (χ2v) is 7.78. The highest BCUT2D eigenvalue weighted by atomic mass is 32.2. The van der Waals surface area contributed by atoms with Crippen molar-refractivity contribution in [1.29, 1.82) is 0 Å². The number of rotatable bonds is 7. The van der Waals surface area contributed by atoms with Crippen molar-refractivity contribution in [2.45, 2.75) is 24.2 Å². The largest absolute Gasteiger partial charge is 0.497 e. The van der Waals surface area contributed by atoms with Crippen LogP contribution in [0, 0.1) is 0 Å². The summed E-state index contributed by atoms with van der Waals surface area (Å²) in [5.74, 6) is 1.23. The summed E-state index contributed by atoms with van der Waals surface area (Å²) in [6.45, 7) is 3.96. The van der Waals surface area contributed by atoms with Crippen molar-refractivity contribution < 1.29 is 18.7 Å². The van der Waals surface area contributed by atoms with Crippen LogP contribution in [0.2, 0.25) is 0 Å². The number of aromatic nitrogens is 3. The number of methoxy groups -OCH3 is 1. The Balaban J connectivity index is 1.54. The van der Waals surface area contributed by atoms with Gasteiger partial charge in [-0.1, -0.05) is 11.8 Å². The third-order valence-corrected chi connectivity index (χ3v) is 5.49. The topological polar surface area (TPSA) is 81.1 Å². The number of carbonyl (C=O) groups is 1. The molecule has 0 aliphatic heterocycles. The van der Waals surface area contributed by atoms with Gasteiger partial charge < -0.3 is 4.74 Å². The maximum atomic E-state index is 12.0. The first-order chi connectivity index (χ1) is 12.5. The van der Waals surface area contributed by atoms with Gasteiger partial charge in [-0.2, -0.15) is 0 Å². The normalized spacial score (nSPS) is 10.9. The molecule has 26 heavy (non-hydrogen) atoms. The standard InChI is InChI=1S/C17H18N4O3S2/c1-11(2)21-8-16(24-20-21)19-15(22)10-26-17-18-14(9-25-17)12-4-6-13(23-3)7-5-12/h4-9,11H,10H2,1-3H3/p+1. The van der Waals surface area contributed by atoms with E-state index in [0.29, 0.717) is 5.88 Å². The van der Waals surface area contributed by atoms with Gasteiger partial charge in [0, 0.05) is 10.9 Å². The highest BCUT2D eigenvalue weighted by Crippen LogP contribution is 2.29. The molecule has 0 fully saturated rings. The molecule has 2 aromatic heterocycles. The fourth-order valence-corrected chi connectivity index (χ4v) is 3.71. The predicted molar refractivity (Wildman–Crippen MR) is 101 cm³/mol. The lowest BCUT2D eigenvalue weighted by Gasteiger charge is -2.00. The van der Waals surface area contributed by atoms with E-state index < -0.39 is 0 Å². The van der Waals surface area contributed by atoms with Crippen LogP contribution in [0.25, 0.3) is 11.3 Å². The zero-order valence-electron chi connectivity index (χ0n) is 14.6. The lowest BCUT2D eigenvalue weighted by molar-refractivity contribution is -0.779. The molecule has 0 spiro atoms. The average molecular weight is 391 g/mol. The molecule has 0 bridgehead atoms. The highest BCUT2D eigenvalue weighted by molar-refractivity contribution is 8.01. The lowest BCUT2D eigenvalue weighted by atomic mass is 10.2. The summed E-state index contributed by atoms with van der Waals surface area (Å²) < 4.78 is 12.7. The van der Waals surface area contributed by atoms with Crippen molar-refractivity contribution in [3.8, 4) is 17.0 Å². The number of hydrogen-bond acceptors (Lipinski definition) is 7. The molecule has 9 heteroatoms. The first kappa shape index (κ1) is 18.4. The number of benzene rings is 1. The number of nitrogens with one attached hydrogen (secondary N) is 1. The number of carbonyl (C=O) groups excluding carboxylic acids is 1. The summed E-state index contributed by atoms with van der Waals surface area (Å²) in [5.41, 5.74) is 1.90. The van der Waals surface area contributed by atoms with E-state index in [1.807, 2.05) is 43.5 Å². The second kappa shape index (κ2) is 8.33. The van der Waals surface area contributed by atoms with Gasteiger partial charge in [-0.3, -0.25) is 14.6 Å². The zero-order valence-corrected chi connectivity index (χ0v) is 16.3. The van der Waals surface area contributed by atoms with Crippen LogP contribution < -0.4 is 14.7 Å². The highest BCUT2D eigenvalue weighted by Gasteiger charge is 2.17. The molecular weight excluding hydrogens is 372 g/mol. The molecule has 0 aliphatic rings. The molecule has 2 heterocycles. The molecule has 1 amide bonds. The quantitative estimate of drug-likeness (QED) is 0.491. The minimum atomic E-state index is -0.164. The Morgan fingerprint density at radius 2 is 2.15 bits per heavy atom. The van der Waals surface area contributed by atoms with E-state index in [2.05, 4.69) is 15.6 Å². The molecule has 0 unspecified atom stereocenters. The molecule has 7 nitrogen and oxygen atoms in total. The Hall–Kier alpha value is -2.39. The smallest absolute Gasteiger partial charge is 0.302 e. The van der Waals surface area contributed by atoms with Gasteiger partial charge in [-0.15, -0.1) is 11.3 Å². The molecule has 1 N–H and O–H groups in total. The summed E-state index contributed by atoms with van der Waals surface area (Å²) in [7, 11) is 1.64.